The number of aliphatic hydroxyl groups excluding tert-OH is 1. The number of nitrogens with one attached hydrogen (secondary N) is 2. The Kier molecular flexibility index (Phi) is 5.17. The first-order valence-electron chi connectivity index (χ1n) is 5.73. The van der Waals surface area contributed by atoms with Crippen molar-refractivity contribution >= 4 is 11.7 Å². The lowest BCUT2D eigenvalue weighted by Crippen LogP contribution is -2.40. The summed E-state index contributed by atoms with van der Waals surface area (Å²) in [7, 11) is 0. The van der Waals surface area contributed by atoms with Crippen LogP contribution < -0.4 is 10.6 Å². The summed E-state index contributed by atoms with van der Waals surface area (Å²) in [4.78, 5) is 11.5. The Morgan fingerprint density at radius 2 is 2.00 bits per heavy atom. The SMILES string of the molecule is CCC(CO)NC(=O)Nc1ccccc1C(F)(F)F. The molecule has 2 amide bonds. The van der Waals surface area contributed by atoms with Crippen molar-refractivity contribution < 1.29 is 23.1 Å². The molecule has 0 bridgehead atoms. The van der Waals surface area contributed by atoms with E-state index in [2.05, 4.69) is 10.6 Å². The van der Waals surface area contributed by atoms with Crippen LogP contribution in [0.25, 0.3) is 0 Å². The molecule has 0 saturated carbocycles. The summed E-state index contributed by atoms with van der Waals surface area (Å²) in [5.74, 6) is 0. The molecular formula is C12H15F3N2O2. The summed E-state index contributed by atoms with van der Waals surface area (Å²) in [6, 6.07) is 3.43. The normalized spacial score (nSPS) is 12.9. The van der Waals surface area contributed by atoms with Gasteiger partial charge in [0, 0.05) is 0 Å². The Bertz CT molecular complexity index is 431. The highest BCUT2D eigenvalue weighted by Gasteiger charge is 2.33. The van der Waals surface area contributed by atoms with Crippen LogP contribution in [-0.4, -0.2) is 23.8 Å². The number of carbonyl (C=O) groups is 1. The molecule has 19 heavy (non-hydrogen) atoms. The van der Waals surface area contributed by atoms with E-state index in [1.807, 2.05) is 0 Å². The van der Waals surface area contributed by atoms with E-state index in [1.54, 1.807) is 6.92 Å². The smallest absolute Gasteiger partial charge is 0.394 e. The minimum Gasteiger partial charge on any atom is -0.394 e. The number of anilines is 1. The second-order valence-electron chi connectivity index (χ2n) is 3.93. The average molecular weight is 276 g/mol. The maximum Gasteiger partial charge on any atom is 0.418 e. The predicted molar refractivity (Wildman–Crippen MR) is 64.8 cm³/mol. The van der Waals surface area contributed by atoms with E-state index in [9.17, 15) is 18.0 Å². The van der Waals surface area contributed by atoms with Gasteiger partial charge in [0.15, 0.2) is 0 Å². The minimum atomic E-state index is -4.54. The number of rotatable bonds is 4. The number of amides is 2. The monoisotopic (exact) mass is 276 g/mol. The van der Waals surface area contributed by atoms with Crippen molar-refractivity contribution in [3.8, 4) is 0 Å². The van der Waals surface area contributed by atoms with Crippen molar-refractivity contribution in [2.75, 3.05) is 11.9 Å². The second-order valence-corrected chi connectivity index (χ2v) is 3.93. The molecule has 1 unspecified atom stereocenters. The molecule has 0 fully saturated rings. The van der Waals surface area contributed by atoms with Gasteiger partial charge in [-0.3, -0.25) is 0 Å². The van der Waals surface area contributed by atoms with Crippen LogP contribution in [0.3, 0.4) is 0 Å². The lowest BCUT2D eigenvalue weighted by molar-refractivity contribution is -0.136. The third-order valence-corrected chi connectivity index (χ3v) is 2.53. The Hall–Kier alpha value is -1.76. The molecule has 0 aliphatic heterocycles. The molecule has 0 heterocycles. The van der Waals surface area contributed by atoms with Gasteiger partial charge in [0.05, 0.1) is 23.9 Å². The molecule has 0 aliphatic rings. The Morgan fingerprint density at radius 3 is 2.53 bits per heavy atom. The highest BCUT2D eigenvalue weighted by Crippen LogP contribution is 2.34. The minimum absolute atomic E-state index is 0.273. The number of hydrogen-bond donors (Lipinski definition) is 3. The quantitative estimate of drug-likeness (QED) is 0.791. The second kappa shape index (κ2) is 6.42. The molecule has 4 nitrogen and oxygen atoms in total. The Balaban J connectivity index is 2.80. The maximum atomic E-state index is 12.7. The van der Waals surface area contributed by atoms with Crippen LogP contribution in [0, 0.1) is 0 Å². The van der Waals surface area contributed by atoms with Crippen molar-refractivity contribution in [3.05, 3.63) is 29.8 Å². The number of para-hydroxylation sites is 1. The van der Waals surface area contributed by atoms with Crippen molar-refractivity contribution in [2.45, 2.75) is 25.6 Å². The number of alkyl halides is 3. The van der Waals surface area contributed by atoms with Crippen molar-refractivity contribution in [1.29, 1.82) is 0 Å². The van der Waals surface area contributed by atoms with Crippen molar-refractivity contribution in [2.24, 2.45) is 0 Å². The molecule has 0 radical (unpaired) electrons. The average Bonchev–Trinajstić information content (AvgIpc) is 2.35. The first kappa shape index (κ1) is 15.3. The van der Waals surface area contributed by atoms with E-state index in [4.69, 9.17) is 5.11 Å². The van der Waals surface area contributed by atoms with Gasteiger partial charge in [0.25, 0.3) is 0 Å². The largest absolute Gasteiger partial charge is 0.418 e. The fraction of sp³-hybridized carbons (Fsp3) is 0.417. The summed E-state index contributed by atoms with van der Waals surface area (Å²) in [6.07, 6.45) is -4.06. The number of hydrogen-bond acceptors (Lipinski definition) is 2. The molecule has 0 spiro atoms. The van der Waals surface area contributed by atoms with Gasteiger partial charge in [-0.1, -0.05) is 19.1 Å². The number of carbonyl (C=O) groups excluding carboxylic acids is 1. The van der Waals surface area contributed by atoms with Gasteiger partial charge in [-0.2, -0.15) is 13.2 Å². The molecule has 3 N–H and O–H groups in total. The summed E-state index contributed by atoms with van der Waals surface area (Å²) in [5.41, 5.74) is -1.23. The first-order valence-corrected chi connectivity index (χ1v) is 5.73. The third kappa shape index (κ3) is 4.44. The zero-order valence-corrected chi connectivity index (χ0v) is 10.3. The summed E-state index contributed by atoms with van der Waals surface area (Å²) in [5, 5.41) is 13.4. The zero-order valence-electron chi connectivity index (χ0n) is 10.3. The molecule has 7 heteroatoms. The van der Waals surface area contributed by atoms with E-state index in [1.165, 1.54) is 18.2 Å². The van der Waals surface area contributed by atoms with Crippen molar-refractivity contribution in [3.63, 3.8) is 0 Å². The topological polar surface area (TPSA) is 61.4 Å². The van der Waals surface area contributed by atoms with E-state index in [-0.39, 0.29) is 12.3 Å². The van der Waals surface area contributed by atoms with Crippen LogP contribution >= 0.6 is 0 Å². The van der Waals surface area contributed by atoms with Crippen LogP contribution in [0.2, 0.25) is 0 Å². The standard InChI is InChI=1S/C12H15F3N2O2/c1-2-8(7-18)16-11(19)17-10-6-4-3-5-9(10)12(13,14)15/h3-6,8,18H,2,7H2,1H3,(H2,16,17,19). The predicted octanol–water partition coefficient (Wildman–Crippen LogP) is 2.60. The summed E-state index contributed by atoms with van der Waals surface area (Å²) < 4.78 is 38.0. The van der Waals surface area contributed by atoms with Crippen LogP contribution in [0.1, 0.15) is 18.9 Å². The highest BCUT2D eigenvalue weighted by molar-refractivity contribution is 5.90. The van der Waals surface area contributed by atoms with Crippen LogP contribution in [0.5, 0.6) is 0 Å². The molecule has 0 aliphatic carbocycles. The van der Waals surface area contributed by atoms with E-state index >= 15 is 0 Å². The molecule has 1 rings (SSSR count). The zero-order chi connectivity index (χ0) is 14.5. The van der Waals surface area contributed by atoms with E-state index in [0.717, 1.165) is 6.07 Å². The van der Waals surface area contributed by atoms with Gasteiger partial charge in [-0.15, -0.1) is 0 Å². The molecule has 1 aromatic carbocycles. The summed E-state index contributed by atoms with van der Waals surface area (Å²) in [6.45, 7) is 1.47. The molecule has 0 saturated heterocycles. The van der Waals surface area contributed by atoms with Gasteiger partial charge < -0.3 is 15.7 Å². The Labute approximate surface area is 108 Å². The molecular weight excluding hydrogens is 261 g/mol. The third-order valence-electron chi connectivity index (χ3n) is 2.53. The number of halogens is 3. The lowest BCUT2D eigenvalue weighted by atomic mass is 10.1. The van der Waals surface area contributed by atoms with Crippen LogP contribution in [0.4, 0.5) is 23.7 Å². The molecule has 1 atom stereocenters. The van der Waals surface area contributed by atoms with Crippen LogP contribution in [-0.2, 0) is 6.18 Å². The fourth-order valence-corrected chi connectivity index (χ4v) is 1.46. The highest BCUT2D eigenvalue weighted by atomic mass is 19.4. The fourth-order valence-electron chi connectivity index (χ4n) is 1.46. The van der Waals surface area contributed by atoms with Gasteiger partial charge >= 0.3 is 12.2 Å². The number of aliphatic hydroxyl groups is 1. The lowest BCUT2D eigenvalue weighted by Gasteiger charge is -2.17. The first-order chi connectivity index (χ1) is 8.88. The van der Waals surface area contributed by atoms with Crippen LogP contribution in [0.15, 0.2) is 24.3 Å². The van der Waals surface area contributed by atoms with Gasteiger partial charge in [0.1, 0.15) is 0 Å². The molecule has 106 valence electrons. The Morgan fingerprint density at radius 1 is 1.37 bits per heavy atom. The number of urea groups is 1. The van der Waals surface area contributed by atoms with Gasteiger partial charge in [-0.25, -0.2) is 4.79 Å². The molecule has 0 aromatic heterocycles. The maximum absolute atomic E-state index is 12.7. The van der Waals surface area contributed by atoms with Gasteiger partial charge in [0.2, 0.25) is 0 Å². The van der Waals surface area contributed by atoms with E-state index in [0.29, 0.717) is 6.42 Å². The van der Waals surface area contributed by atoms with Gasteiger partial charge in [-0.05, 0) is 18.6 Å². The van der Waals surface area contributed by atoms with E-state index < -0.39 is 23.8 Å². The summed E-state index contributed by atoms with van der Waals surface area (Å²) >= 11 is 0. The van der Waals surface area contributed by atoms with Crippen molar-refractivity contribution in [1.82, 2.24) is 5.32 Å². The molecule has 1 aromatic rings. The number of benzene rings is 1.